The van der Waals surface area contributed by atoms with Crippen LogP contribution in [-0.4, -0.2) is 45.4 Å². The van der Waals surface area contributed by atoms with E-state index in [1.165, 1.54) is 10.8 Å². The zero-order chi connectivity index (χ0) is 15.4. The van der Waals surface area contributed by atoms with Gasteiger partial charge in [0, 0.05) is 6.20 Å². The van der Waals surface area contributed by atoms with Crippen LogP contribution >= 0.6 is 15.9 Å². The Bertz CT molecular complexity index is 668. The zero-order valence-corrected chi connectivity index (χ0v) is 13.0. The summed E-state index contributed by atoms with van der Waals surface area (Å²) in [5.74, 6) is -0.826. The molecule has 1 unspecified atom stereocenters. The third-order valence-electron chi connectivity index (χ3n) is 3.50. The Kier molecular flexibility index (Phi) is 3.57. The molecule has 21 heavy (non-hydrogen) atoms. The minimum absolute atomic E-state index is 0.202. The van der Waals surface area contributed by atoms with Gasteiger partial charge in [0.2, 0.25) is 0 Å². The maximum atomic E-state index is 12.0. The Morgan fingerprint density at radius 2 is 2.05 bits per heavy atom. The minimum Gasteiger partial charge on any atom is -0.394 e. The number of aliphatic hydroxyl groups excluding tert-OH is 1. The molecule has 1 aromatic heterocycles. The number of ether oxygens (including phenoxy) is 3. The number of nitrogens with zero attached hydrogens (tertiary/aromatic N) is 1. The molecule has 8 nitrogen and oxygen atoms in total. The van der Waals surface area contributed by atoms with Crippen molar-refractivity contribution in [2.75, 3.05) is 6.61 Å². The van der Waals surface area contributed by atoms with Gasteiger partial charge in [-0.15, -0.1) is 0 Å². The lowest BCUT2D eigenvalue weighted by molar-refractivity contribution is -0.200. The lowest BCUT2D eigenvalue weighted by Gasteiger charge is -2.24. The second-order valence-corrected chi connectivity index (χ2v) is 6.31. The smallest absolute Gasteiger partial charge is 0.330 e. The Labute approximate surface area is 127 Å². The molecule has 2 saturated heterocycles. The molecule has 116 valence electrons. The van der Waals surface area contributed by atoms with E-state index in [1.807, 2.05) is 0 Å². The number of fused-ring (bicyclic) bond motifs is 1. The maximum absolute atomic E-state index is 12.0. The van der Waals surface area contributed by atoms with E-state index in [4.69, 9.17) is 14.2 Å². The number of halogens is 1. The van der Waals surface area contributed by atoms with Crippen molar-refractivity contribution >= 4 is 15.9 Å². The molecule has 1 aromatic rings. The number of aromatic nitrogens is 2. The standard InChI is InChI=1S/C12H15BrN2O6/c1-12(2)20-7-6(4-16)19-10(8(7)21-12)15-3-5(13)9(17)14-11(15)18/h3,6-8,10,16H,4H2,1-2H3,(H,14,17,18)/t6-,7+,8?,10-/m1/s1. The van der Waals surface area contributed by atoms with E-state index in [1.54, 1.807) is 13.8 Å². The first-order chi connectivity index (χ1) is 9.82. The number of hydrogen-bond donors (Lipinski definition) is 2. The summed E-state index contributed by atoms with van der Waals surface area (Å²) in [4.78, 5) is 25.6. The third-order valence-corrected chi connectivity index (χ3v) is 4.07. The van der Waals surface area contributed by atoms with Gasteiger partial charge in [0.15, 0.2) is 12.0 Å². The molecule has 0 saturated carbocycles. The van der Waals surface area contributed by atoms with Gasteiger partial charge in [0.1, 0.15) is 18.3 Å². The molecule has 3 heterocycles. The van der Waals surface area contributed by atoms with E-state index in [0.29, 0.717) is 0 Å². The van der Waals surface area contributed by atoms with Gasteiger partial charge < -0.3 is 19.3 Å². The predicted molar refractivity (Wildman–Crippen MR) is 73.8 cm³/mol. The van der Waals surface area contributed by atoms with Crippen LogP contribution in [0.25, 0.3) is 0 Å². The topological polar surface area (TPSA) is 103 Å². The summed E-state index contributed by atoms with van der Waals surface area (Å²) in [7, 11) is 0. The summed E-state index contributed by atoms with van der Waals surface area (Å²) in [6.07, 6.45) is -1.06. The molecule has 2 aliphatic heterocycles. The monoisotopic (exact) mass is 362 g/mol. The second kappa shape index (κ2) is 5.03. The van der Waals surface area contributed by atoms with Gasteiger partial charge in [-0.1, -0.05) is 0 Å². The average molecular weight is 363 g/mol. The first-order valence-electron chi connectivity index (χ1n) is 6.45. The molecule has 2 aliphatic rings. The molecule has 0 aromatic carbocycles. The number of nitrogens with one attached hydrogen (secondary N) is 1. The van der Waals surface area contributed by atoms with Crippen LogP contribution in [0.4, 0.5) is 0 Å². The molecule has 0 spiro atoms. The summed E-state index contributed by atoms with van der Waals surface area (Å²) >= 11 is 3.07. The average Bonchev–Trinajstić information content (AvgIpc) is 2.87. The first-order valence-corrected chi connectivity index (χ1v) is 7.24. The number of aromatic amines is 1. The molecular formula is C12H15BrN2O6. The van der Waals surface area contributed by atoms with Crippen LogP contribution in [0.1, 0.15) is 20.1 Å². The highest BCUT2D eigenvalue weighted by molar-refractivity contribution is 9.10. The van der Waals surface area contributed by atoms with Gasteiger partial charge in [0.05, 0.1) is 11.1 Å². The third kappa shape index (κ3) is 2.49. The highest BCUT2D eigenvalue weighted by Gasteiger charge is 2.55. The van der Waals surface area contributed by atoms with Crippen molar-refractivity contribution in [1.29, 1.82) is 0 Å². The fourth-order valence-corrected chi connectivity index (χ4v) is 3.00. The van der Waals surface area contributed by atoms with Crippen molar-refractivity contribution in [3.05, 3.63) is 31.5 Å². The maximum Gasteiger partial charge on any atom is 0.330 e. The molecule has 0 bridgehead atoms. The summed E-state index contributed by atoms with van der Waals surface area (Å²) < 4.78 is 18.6. The number of hydrogen-bond acceptors (Lipinski definition) is 6. The van der Waals surface area contributed by atoms with Crippen LogP contribution in [0.3, 0.4) is 0 Å². The Morgan fingerprint density at radius 1 is 1.38 bits per heavy atom. The van der Waals surface area contributed by atoms with Crippen molar-refractivity contribution < 1.29 is 19.3 Å². The van der Waals surface area contributed by atoms with Crippen LogP contribution in [0.15, 0.2) is 20.3 Å². The lowest BCUT2D eigenvalue weighted by Crippen LogP contribution is -2.37. The van der Waals surface area contributed by atoms with E-state index >= 15 is 0 Å². The van der Waals surface area contributed by atoms with E-state index in [0.717, 1.165) is 0 Å². The second-order valence-electron chi connectivity index (χ2n) is 5.46. The van der Waals surface area contributed by atoms with Crippen molar-refractivity contribution in [2.45, 2.75) is 44.2 Å². The lowest BCUT2D eigenvalue weighted by atomic mass is 10.1. The van der Waals surface area contributed by atoms with E-state index in [-0.39, 0.29) is 11.1 Å². The van der Waals surface area contributed by atoms with Gasteiger partial charge in [-0.3, -0.25) is 14.3 Å². The minimum atomic E-state index is -0.826. The normalized spacial score (nSPS) is 34.1. The molecule has 4 atom stereocenters. The number of rotatable bonds is 2. The molecular weight excluding hydrogens is 348 g/mol. The van der Waals surface area contributed by atoms with Gasteiger partial charge in [-0.25, -0.2) is 4.79 Å². The van der Waals surface area contributed by atoms with Crippen molar-refractivity contribution in [3.8, 4) is 0 Å². The number of H-pyrrole nitrogens is 1. The molecule has 0 aliphatic carbocycles. The fourth-order valence-electron chi connectivity index (χ4n) is 2.68. The van der Waals surface area contributed by atoms with Crippen LogP contribution in [0.5, 0.6) is 0 Å². The Morgan fingerprint density at radius 3 is 2.71 bits per heavy atom. The molecule has 0 amide bonds. The first kappa shape index (κ1) is 14.9. The van der Waals surface area contributed by atoms with E-state index in [2.05, 4.69) is 20.9 Å². The molecule has 9 heteroatoms. The molecule has 2 N–H and O–H groups in total. The summed E-state index contributed by atoms with van der Waals surface area (Å²) in [6.45, 7) is 3.25. The van der Waals surface area contributed by atoms with Gasteiger partial charge >= 0.3 is 5.69 Å². The molecule has 0 radical (unpaired) electrons. The van der Waals surface area contributed by atoms with Crippen LogP contribution in [0, 0.1) is 0 Å². The van der Waals surface area contributed by atoms with Crippen molar-refractivity contribution in [3.63, 3.8) is 0 Å². The Hall–Kier alpha value is -1.00. The highest BCUT2D eigenvalue weighted by Crippen LogP contribution is 2.42. The quantitative estimate of drug-likeness (QED) is 0.749. The molecule has 2 fully saturated rings. The predicted octanol–water partition coefficient (Wildman–Crippen LogP) is -0.291. The van der Waals surface area contributed by atoms with Crippen molar-refractivity contribution in [1.82, 2.24) is 9.55 Å². The summed E-state index contributed by atoms with van der Waals surface area (Å²) in [6, 6.07) is 0. The Balaban J connectivity index is 2.01. The summed E-state index contributed by atoms with van der Waals surface area (Å²) in [5, 5.41) is 9.40. The van der Waals surface area contributed by atoms with Gasteiger partial charge in [0.25, 0.3) is 5.56 Å². The van der Waals surface area contributed by atoms with E-state index in [9.17, 15) is 14.7 Å². The fraction of sp³-hybridized carbons (Fsp3) is 0.667. The van der Waals surface area contributed by atoms with E-state index < -0.39 is 41.6 Å². The van der Waals surface area contributed by atoms with Crippen molar-refractivity contribution in [2.24, 2.45) is 0 Å². The molecule has 3 rings (SSSR count). The van der Waals surface area contributed by atoms with Gasteiger partial charge in [-0.05, 0) is 29.8 Å². The van der Waals surface area contributed by atoms with Crippen LogP contribution < -0.4 is 11.2 Å². The van der Waals surface area contributed by atoms with Crippen LogP contribution in [-0.2, 0) is 14.2 Å². The van der Waals surface area contributed by atoms with Crippen LogP contribution in [0.2, 0.25) is 0 Å². The SMILES string of the molecule is CC1(C)OC2[C@@H](O1)[C@@H](CO)O[C@H]2n1cc(Br)c(=O)[nH]c1=O. The highest BCUT2D eigenvalue weighted by atomic mass is 79.9. The number of aliphatic hydroxyl groups is 1. The zero-order valence-electron chi connectivity index (χ0n) is 11.4. The largest absolute Gasteiger partial charge is 0.394 e. The summed E-state index contributed by atoms with van der Waals surface area (Å²) in [5.41, 5.74) is -1.13. The van der Waals surface area contributed by atoms with Gasteiger partial charge in [-0.2, -0.15) is 0 Å².